The van der Waals surface area contributed by atoms with Crippen LogP contribution in [0.25, 0.3) is 0 Å². The maximum absolute atomic E-state index is 6.10. The van der Waals surface area contributed by atoms with Crippen LogP contribution in [-0.4, -0.2) is 24.4 Å². The lowest BCUT2D eigenvalue weighted by molar-refractivity contribution is 0.00543. The monoisotopic (exact) mass is 275 g/mol. The Morgan fingerprint density at radius 2 is 2.05 bits per heavy atom. The highest BCUT2D eigenvalue weighted by Gasteiger charge is 2.35. The molecule has 1 aromatic rings. The van der Waals surface area contributed by atoms with Gasteiger partial charge in [0.2, 0.25) is 0 Å². The van der Waals surface area contributed by atoms with E-state index in [1.165, 1.54) is 5.56 Å². The van der Waals surface area contributed by atoms with Crippen molar-refractivity contribution in [3.05, 3.63) is 29.8 Å². The topological polar surface area (TPSA) is 30.5 Å². The van der Waals surface area contributed by atoms with Crippen molar-refractivity contribution in [3.63, 3.8) is 0 Å². The molecule has 1 aromatic carbocycles. The molecule has 1 fully saturated rings. The Kier molecular flexibility index (Phi) is 3.74. The molecule has 0 aliphatic carbocycles. The predicted molar refractivity (Wildman–Crippen MR) is 80.1 cm³/mol. The van der Waals surface area contributed by atoms with Crippen molar-refractivity contribution >= 4 is 0 Å². The predicted octanol–water partition coefficient (Wildman–Crippen LogP) is 3.45. The van der Waals surface area contributed by atoms with E-state index in [2.05, 4.69) is 44.3 Å². The first-order valence-corrected chi connectivity index (χ1v) is 7.69. The molecule has 0 radical (unpaired) electrons. The molecule has 3 atom stereocenters. The summed E-state index contributed by atoms with van der Waals surface area (Å²) < 4.78 is 11.7. The van der Waals surface area contributed by atoms with Crippen LogP contribution >= 0.6 is 0 Å². The van der Waals surface area contributed by atoms with Gasteiger partial charge in [-0.05, 0) is 39.7 Å². The van der Waals surface area contributed by atoms with E-state index in [-0.39, 0.29) is 5.60 Å². The molecule has 20 heavy (non-hydrogen) atoms. The summed E-state index contributed by atoms with van der Waals surface area (Å²) in [5.41, 5.74) is 1.19. The van der Waals surface area contributed by atoms with Gasteiger partial charge in [0.05, 0.1) is 6.10 Å². The van der Waals surface area contributed by atoms with Gasteiger partial charge in [0, 0.05) is 30.7 Å². The smallest absolute Gasteiger partial charge is 0.124 e. The van der Waals surface area contributed by atoms with Crippen molar-refractivity contribution in [3.8, 4) is 5.75 Å². The standard InChI is InChI=1S/C17H25NO2/c1-12-10-13(8-9-19-12)18-15-11-17(2,3)20-16-7-5-4-6-14(15)16/h4-7,12-13,15,18H,8-11H2,1-3H3. The second-order valence-corrected chi connectivity index (χ2v) is 6.73. The first kappa shape index (κ1) is 13.9. The van der Waals surface area contributed by atoms with Crippen molar-refractivity contribution in [1.82, 2.24) is 5.32 Å². The number of ether oxygens (including phenoxy) is 2. The molecule has 2 aliphatic rings. The van der Waals surface area contributed by atoms with Crippen LogP contribution in [0.4, 0.5) is 0 Å². The maximum atomic E-state index is 6.10. The fourth-order valence-corrected chi connectivity index (χ4v) is 3.38. The van der Waals surface area contributed by atoms with Crippen LogP contribution in [0.15, 0.2) is 24.3 Å². The van der Waals surface area contributed by atoms with Crippen molar-refractivity contribution in [2.45, 2.75) is 63.8 Å². The average Bonchev–Trinajstić information content (AvgIpc) is 2.37. The number of hydrogen-bond acceptors (Lipinski definition) is 3. The number of nitrogens with one attached hydrogen (secondary N) is 1. The second-order valence-electron chi connectivity index (χ2n) is 6.73. The van der Waals surface area contributed by atoms with Crippen LogP contribution < -0.4 is 10.1 Å². The Balaban J connectivity index is 1.78. The minimum absolute atomic E-state index is 0.108. The van der Waals surface area contributed by atoms with Gasteiger partial charge >= 0.3 is 0 Å². The van der Waals surface area contributed by atoms with Crippen molar-refractivity contribution in [2.75, 3.05) is 6.61 Å². The third kappa shape index (κ3) is 2.99. The molecule has 110 valence electrons. The number of benzene rings is 1. The normalized spacial score (nSPS) is 32.2. The zero-order valence-electron chi connectivity index (χ0n) is 12.7. The van der Waals surface area contributed by atoms with E-state index in [9.17, 15) is 0 Å². The summed E-state index contributed by atoms with van der Waals surface area (Å²) in [7, 11) is 0. The molecule has 3 nitrogen and oxygen atoms in total. The van der Waals surface area contributed by atoms with Gasteiger partial charge in [0.15, 0.2) is 0 Å². The molecule has 0 spiro atoms. The molecular formula is C17H25NO2. The Labute approximate surface area is 121 Å². The molecule has 3 unspecified atom stereocenters. The summed E-state index contributed by atoms with van der Waals surface area (Å²) in [4.78, 5) is 0. The average molecular weight is 275 g/mol. The maximum Gasteiger partial charge on any atom is 0.124 e. The van der Waals surface area contributed by atoms with E-state index in [4.69, 9.17) is 9.47 Å². The van der Waals surface area contributed by atoms with E-state index < -0.39 is 0 Å². The second kappa shape index (κ2) is 5.38. The van der Waals surface area contributed by atoms with Gasteiger partial charge in [0.1, 0.15) is 11.4 Å². The lowest BCUT2D eigenvalue weighted by Crippen LogP contribution is -2.45. The van der Waals surface area contributed by atoms with Gasteiger partial charge in [-0.1, -0.05) is 18.2 Å². The van der Waals surface area contributed by atoms with Gasteiger partial charge in [-0.25, -0.2) is 0 Å². The lowest BCUT2D eigenvalue weighted by atomic mass is 9.88. The molecule has 0 amide bonds. The van der Waals surface area contributed by atoms with Gasteiger partial charge in [-0.2, -0.15) is 0 Å². The molecule has 2 heterocycles. The highest BCUT2D eigenvalue weighted by Crippen LogP contribution is 2.39. The summed E-state index contributed by atoms with van der Waals surface area (Å²) in [5.74, 6) is 1.03. The molecule has 2 aliphatic heterocycles. The summed E-state index contributed by atoms with van der Waals surface area (Å²) in [6.45, 7) is 7.37. The fourth-order valence-electron chi connectivity index (χ4n) is 3.38. The first-order valence-electron chi connectivity index (χ1n) is 7.69. The minimum atomic E-state index is -0.108. The van der Waals surface area contributed by atoms with E-state index in [0.29, 0.717) is 18.2 Å². The van der Waals surface area contributed by atoms with E-state index in [1.54, 1.807) is 0 Å². The molecule has 0 saturated carbocycles. The highest BCUT2D eigenvalue weighted by molar-refractivity contribution is 5.38. The highest BCUT2D eigenvalue weighted by atomic mass is 16.5. The van der Waals surface area contributed by atoms with Crippen LogP contribution in [0.3, 0.4) is 0 Å². The SMILES string of the molecule is CC1CC(NC2CC(C)(C)Oc3ccccc32)CCO1. The molecule has 1 N–H and O–H groups in total. The number of rotatable bonds is 2. The van der Waals surface area contributed by atoms with Crippen LogP contribution in [0.5, 0.6) is 5.75 Å². The Morgan fingerprint density at radius 3 is 2.85 bits per heavy atom. The molecular weight excluding hydrogens is 250 g/mol. The number of para-hydroxylation sites is 1. The zero-order valence-corrected chi connectivity index (χ0v) is 12.7. The van der Waals surface area contributed by atoms with E-state index in [0.717, 1.165) is 31.6 Å². The molecule has 0 aromatic heterocycles. The van der Waals surface area contributed by atoms with Crippen LogP contribution in [0.2, 0.25) is 0 Å². The Hall–Kier alpha value is -1.06. The van der Waals surface area contributed by atoms with Crippen molar-refractivity contribution < 1.29 is 9.47 Å². The minimum Gasteiger partial charge on any atom is -0.487 e. The van der Waals surface area contributed by atoms with Crippen LogP contribution in [0.1, 0.15) is 51.6 Å². The van der Waals surface area contributed by atoms with Crippen molar-refractivity contribution in [1.29, 1.82) is 0 Å². The Bertz CT molecular complexity index is 472. The van der Waals surface area contributed by atoms with Gasteiger partial charge in [-0.3, -0.25) is 0 Å². The number of hydrogen-bond donors (Lipinski definition) is 1. The summed E-state index contributed by atoms with van der Waals surface area (Å²) in [5, 5.41) is 3.84. The van der Waals surface area contributed by atoms with Gasteiger partial charge < -0.3 is 14.8 Å². The molecule has 1 saturated heterocycles. The van der Waals surface area contributed by atoms with Gasteiger partial charge in [0.25, 0.3) is 0 Å². The third-order valence-corrected chi connectivity index (χ3v) is 4.30. The summed E-state index contributed by atoms with van der Waals surface area (Å²) in [6.07, 6.45) is 3.57. The van der Waals surface area contributed by atoms with Crippen LogP contribution in [-0.2, 0) is 4.74 Å². The summed E-state index contributed by atoms with van der Waals surface area (Å²) in [6, 6.07) is 9.34. The molecule has 3 heteroatoms. The van der Waals surface area contributed by atoms with Gasteiger partial charge in [-0.15, -0.1) is 0 Å². The van der Waals surface area contributed by atoms with Crippen LogP contribution in [0, 0.1) is 0 Å². The summed E-state index contributed by atoms with van der Waals surface area (Å²) >= 11 is 0. The Morgan fingerprint density at radius 1 is 1.25 bits per heavy atom. The largest absolute Gasteiger partial charge is 0.487 e. The van der Waals surface area contributed by atoms with E-state index >= 15 is 0 Å². The zero-order chi connectivity index (χ0) is 14.2. The van der Waals surface area contributed by atoms with Crippen molar-refractivity contribution in [2.24, 2.45) is 0 Å². The fraction of sp³-hybridized carbons (Fsp3) is 0.647. The first-order chi connectivity index (χ1) is 9.53. The lowest BCUT2D eigenvalue weighted by Gasteiger charge is -2.40. The molecule has 3 rings (SSSR count). The van der Waals surface area contributed by atoms with E-state index in [1.807, 2.05) is 6.07 Å². The quantitative estimate of drug-likeness (QED) is 0.897. The molecule has 0 bridgehead atoms. The number of fused-ring (bicyclic) bond motifs is 1. The third-order valence-electron chi connectivity index (χ3n) is 4.30.